The third-order valence-electron chi connectivity index (χ3n) is 3.92. The van der Waals surface area contributed by atoms with E-state index in [-0.39, 0.29) is 11.9 Å². The molecule has 0 aromatic heterocycles. The summed E-state index contributed by atoms with van der Waals surface area (Å²) in [5.41, 5.74) is 3.50. The van der Waals surface area contributed by atoms with Gasteiger partial charge in [0.25, 0.3) is 5.91 Å². The summed E-state index contributed by atoms with van der Waals surface area (Å²) >= 11 is 0. The number of quaternary nitrogens is 1. The van der Waals surface area contributed by atoms with Gasteiger partial charge >= 0.3 is 0 Å². The Morgan fingerprint density at radius 2 is 1.74 bits per heavy atom. The quantitative estimate of drug-likeness (QED) is 0.817. The molecule has 0 bridgehead atoms. The molecule has 2 rings (SSSR count). The van der Waals surface area contributed by atoms with Crippen LogP contribution < -0.4 is 15.5 Å². The smallest absolute Gasteiger partial charge is 0.275 e. The summed E-state index contributed by atoms with van der Waals surface area (Å²) in [6.07, 6.45) is 0. The summed E-state index contributed by atoms with van der Waals surface area (Å²) < 4.78 is 0. The maximum Gasteiger partial charge on any atom is 0.275 e. The molecule has 0 aliphatic heterocycles. The van der Waals surface area contributed by atoms with Crippen LogP contribution in [0.3, 0.4) is 0 Å². The number of hydrogen-bond donors (Lipinski definition) is 2. The molecule has 4 nitrogen and oxygen atoms in total. The molecule has 23 heavy (non-hydrogen) atoms. The van der Waals surface area contributed by atoms with Gasteiger partial charge in [-0.05, 0) is 24.6 Å². The topological polar surface area (TPSA) is 49.0 Å². The predicted octanol–water partition coefficient (Wildman–Crippen LogP) is 1.69. The van der Waals surface area contributed by atoms with Crippen molar-refractivity contribution >= 4 is 11.6 Å². The van der Waals surface area contributed by atoms with Crippen LogP contribution in [0.4, 0.5) is 5.69 Å². The molecule has 2 aromatic rings. The van der Waals surface area contributed by atoms with Gasteiger partial charge in [-0.15, -0.1) is 0 Å². The van der Waals surface area contributed by atoms with Gasteiger partial charge in [0.05, 0.1) is 0 Å². The average molecular weight is 312 g/mol. The Balaban J connectivity index is 1.74. The molecule has 0 fully saturated rings. The van der Waals surface area contributed by atoms with E-state index >= 15 is 0 Å². The monoisotopic (exact) mass is 312 g/mol. The lowest BCUT2D eigenvalue weighted by atomic mass is 10.1. The molecule has 0 saturated heterocycles. The number of nitrogens with two attached hydrogens (primary N) is 1. The molecule has 2 aromatic carbocycles. The number of carbonyl (C=O) groups excluding carboxylic acids is 1. The van der Waals surface area contributed by atoms with Crippen molar-refractivity contribution in [2.75, 3.05) is 25.5 Å². The first-order valence-electron chi connectivity index (χ1n) is 7.97. The van der Waals surface area contributed by atoms with Gasteiger partial charge in [0, 0.05) is 31.9 Å². The zero-order valence-corrected chi connectivity index (χ0v) is 14.1. The molecular weight excluding hydrogens is 286 g/mol. The highest BCUT2D eigenvalue weighted by atomic mass is 16.1. The van der Waals surface area contributed by atoms with Gasteiger partial charge in [0.2, 0.25) is 0 Å². The molecule has 0 radical (unpaired) electrons. The Bertz CT molecular complexity index is 608. The van der Waals surface area contributed by atoms with Crippen molar-refractivity contribution in [2.24, 2.45) is 0 Å². The number of anilines is 1. The molecule has 0 saturated carbocycles. The van der Waals surface area contributed by atoms with Crippen LogP contribution in [0.5, 0.6) is 0 Å². The number of amides is 1. The molecule has 4 heteroatoms. The van der Waals surface area contributed by atoms with E-state index in [0.717, 1.165) is 11.3 Å². The van der Waals surface area contributed by atoms with Gasteiger partial charge in [0.1, 0.15) is 6.04 Å². The lowest BCUT2D eigenvalue weighted by Crippen LogP contribution is -2.87. The van der Waals surface area contributed by atoms with Crippen LogP contribution in [0.2, 0.25) is 0 Å². The maximum absolute atomic E-state index is 12.0. The summed E-state index contributed by atoms with van der Waals surface area (Å²) in [6, 6.07) is 18.7. The normalized spacial score (nSPS) is 11.8. The van der Waals surface area contributed by atoms with Gasteiger partial charge < -0.3 is 15.5 Å². The highest BCUT2D eigenvalue weighted by molar-refractivity contribution is 5.76. The number of rotatable bonds is 7. The van der Waals surface area contributed by atoms with E-state index in [0.29, 0.717) is 13.1 Å². The minimum Gasteiger partial charge on any atom is -0.378 e. The van der Waals surface area contributed by atoms with Gasteiger partial charge in [-0.25, -0.2) is 0 Å². The first kappa shape index (κ1) is 17.0. The van der Waals surface area contributed by atoms with Crippen molar-refractivity contribution in [1.82, 2.24) is 5.32 Å². The van der Waals surface area contributed by atoms with E-state index in [1.54, 1.807) is 0 Å². The van der Waals surface area contributed by atoms with Crippen LogP contribution in [0.1, 0.15) is 24.1 Å². The number of hydrogen-bond acceptors (Lipinski definition) is 2. The zero-order valence-electron chi connectivity index (χ0n) is 14.1. The zero-order chi connectivity index (χ0) is 16.7. The lowest BCUT2D eigenvalue weighted by Gasteiger charge is -2.13. The number of carbonyl (C=O) groups is 1. The number of nitrogens with one attached hydrogen (secondary N) is 1. The molecule has 3 N–H and O–H groups in total. The van der Waals surface area contributed by atoms with Crippen molar-refractivity contribution < 1.29 is 10.1 Å². The first-order chi connectivity index (χ1) is 11.1. The second-order valence-corrected chi connectivity index (χ2v) is 5.98. The molecule has 122 valence electrons. The Kier molecular flexibility index (Phi) is 6.18. The standard InChI is InChI=1S/C19H25N3O/c1-15(17-7-5-4-6-8-17)20-14-19(23)21-13-16-9-11-18(12-10-16)22(2)3/h4-12,15,20H,13-14H2,1-3H3,(H,21,23)/p+1/t15-/m1/s1. The maximum atomic E-state index is 12.0. The Labute approximate surface area is 138 Å². The average Bonchev–Trinajstić information content (AvgIpc) is 2.59. The molecular formula is C19H26N3O+. The van der Waals surface area contributed by atoms with Crippen molar-refractivity contribution in [2.45, 2.75) is 19.5 Å². The van der Waals surface area contributed by atoms with E-state index in [2.05, 4.69) is 46.7 Å². The number of benzene rings is 2. The van der Waals surface area contributed by atoms with Gasteiger partial charge in [-0.2, -0.15) is 0 Å². The Morgan fingerprint density at radius 1 is 1.09 bits per heavy atom. The van der Waals surface area contributed by atoms with Crippen LogP contribution >= 0.6 is 0 Å². The van der Waals surface area contributed by atoms with Gasteiger partial charge in [0.15, 0.2) is 6.54 Å². The van der Waals surface area contributed by atoms with Crippen molar-refractivity contribution in [3.05, 3.63) is 65.7 Å². The highest BCUT2D eigenvalue weighted by Gasteiger charge is 2.10. The lowest BCUT2D eigenvalue weighted by molar-refractivity contribution is -0.682. The Hall–Kier alpha value is -2.33. The third kappa shape index (κ3) is 5.42. The summed E-state index contributed by atoms with van der Waals surface area (Å²) in [6.45, 7) is 3.12. The molecule has 0 aliphatic carbocycles. The van der Waals surface area contributed by atoms with Crippen LogP contribution in [0.25, 0.3) is 0 Å². The first-order valence-corrected chi connectivity index (χ1v) is 7.97. The third-order valence-corrected chi connectivity index (χ3v) is 3.92. The van der Waals surface area contributed by atoms with E-state index in [9.17, 15) is 4.79 Å². The van der Waals surface area contributed by atoms with Gasteiger partial charge in [-0.1, -0.05) is 42.5 Å². The fourth-order valence-electron chi connectivity index (χ4n) is 2.36. The summed E-state index contributed by atoms with van der Waals surface area (Å²) in [5, 5.41) is 5.03. The van der Waals surface area contributed by atoms with E-state index in [4.69, 9.17) is 0 Å². The van der Waals surface area contributed by atoms with E-state index < -0.39 is 0 Å². The molecule has 0 spiro atoms. The number of nitrogens with zero attached hydrogens (tertiary/aromatic N) is 1. The minimum absolute atomic E-state index is 0.0597. The largest absolute Gasteiger partial charge is 0.378 e. The summed E-state index contributed by atoms with van der Waals surface area (Å²) in [5.74, 6) is 0.0597. The van der Waals surface area contributed by atoms with E-state index in [1.807, 2.05) is 44.4 Å². The molecule has 0 heterocycles. The Morgan fingerprint density at radius 3 is 2.35 bits per heavy atom. The van der Waals surface area contributed by atoms with Crippen LogP contribution in [-0.2, 0) is 11.3 Å². The second-order valence-electron chi connectivity index (χ2n) is 5.98. The highest BCUT2D eigenvalue weighted by Crippen LogP contribution is 2.11. The van der Waals surface area contributed by atoms with Crippen molar-refractivity contribution in [3.63, 3.8) is 0 Å². The van der Waals surface area contributed by atoms with Crippen LogP contribution in [0.15, 0.2) is 54.6 Å². The fraction of sp³-hybridized carbons (Fsp3) is 0.316. The van der Waals surface area contributed by atoms with Crippen LogP contribution in [-0.4, -0.2) is 26.5 Å². The minimum atomic E-state index is 0.0597. The van der Waals surface area contributed by atoms with Crippen molar-refractivity contribution in [1.29, 1.82) is 0 Å². The van der Waals surface area contributed by atoms with Crippen molar-refractivity contribution in [3.8, 4) is 0 Å². The summed E-state index contributed by atoms with van der Waals surface area (Å²) in [4.78, 5) is 14.0. The van der Waals surface area contributed by atoms with E-state index in [1.165, 1.54) is 5.56 Å². The SMILES string of the molecule is C[C@@H]([NH2+]CC(=O)NCc1ccc(N(C)C)cc1)c1ccccc1. The fourth-order valence-corrected chi connectivity index (χ4v) is 2.36. The van der Waals surface area contributed by atoms with Gasteiger partial charge in [-0.3, -0.25) is 4.79 Å². The molecule has 1 amide bonds. The summed E-state index contributed by atoms with van der Waals surface area (Å²) in [7, 11) is 4.03. The molecule has 0 aliphatic rings. The van der Waals surface area contributed by atoms with Crippen LogP contribution in [0, 0.1) is 0 Å². The molecule has 0 unspecified atom stereocenters. The molecule has 1 atom stereocenters. The second kappa shape index (κ2) is 8.34. The predicted molar refractivity (Wildman–Crippen MR) is 94.3 cm³/mol.